The third-order valence-corrected chi connectivity index (χ3v) is 3.20. The van der Waals surface area contributed by atoms with Crippen molar-refractivity contribution in [3.8, 4) is 0 Å². The van der Waals surface area contributed by atoms with Gasteiger partial charge in [-0.3, -0.25) is 0 Å². The molecule has 0 aliphatic rings. The van der Waals surface area contributed by atoms with E-state index in [1.54, 1.807) is 11.8 Å². The predicted molar refractivity (Wildman–Crippen MR) is 64.0 cm³/mol. The summed E-state index contributed by atoms with van der Waals surface area (Å²) in [5.74, 6) is 1.77. The van der Waals surface area contributed by atoms with Gasteiger partial charge in [-0.25, -0.2) is 4.79 Å². The first kappa shape index (κ1) is 14.5. The average molecular weight is 232 g/mol. The van der Waals surface area contributed by atoms with E-state index in [0.29, 0.717) is 12.3 Å². The second kappa shape index (κ2) is 8.80. The van der Waals surface area contributed by atoms with Gasteiger partial charge in [-0.1, -0.05) is 19.9 Å². The molecule has 0 saturated heterocycles. The molecule has 0 amide bonds. The zero-order valence-electron chi connectivity index (χ0n) is 9.66. The van der Waals surface area contributed by atoms with E-state index >= 15 is 0 Å². The summed E-state index contributed by atoms with van der Waals surface area (Å²) < 4.78 is 4.65. The first-order valence-electron chi connectivity index (χ1n) is 5.11. The summed E-state index contributed by atoms with van der Waals surface area (Å²) in [6, 6.07) is 0. The summed E-state index contributed by atoms with van der Waals surface area (Å²) in [5.41, 5.74) is 0.724. The lowest BCUT2D eigenvalue weighted by Crippen LogP contribution is -2.05. The van der Waals surface area contributed by atoms with Crippen molar-refractivity contribution in [1.29, 1.82) is 0 Å². The predicted octanol–water partition coefficient (Wildman–Crippen LogP) is 1.86. The number of thioether (sulfide) groups is 1. The molecule has 0 fully saturated rings. The van der Waals surface area contributed by atoms with E-state index in [4.69, 9.17) is 5.11 Å². The Morgan fingerprint density at radius 1 is 1.60 bits per heavy atom. The number of carbonyl (C=O) groups excluding carboxylic acids is 1. The second-order valence-corrected chi connectivity index (χ2v) is 4.47. The third-order valence-electron chi connectivity index (χ3n) is 1.99. The number of carbonyl (C=O) groups is 1. The minimum Gasteiger partial charge on any atom is -0.466 e. The second-order valence-electron chi connectivity index (χ2n) is 3.40. The van der Waals surface area contributed by atoms with Crippen LogP contribution >= 0.6 is 11.8 Å². The highest BCUT2D eigenvalue weighted by atomic mass is 32.2. The van der Waals surface area contributed by atoms with Crippen LogP contribution < -0.4 is 0 Å². The van der Waals surface area contributed by atoms with Crippen LogP contribution in [0, 0.1) is 5.92 Å². The molecule has 1 atom stereocenters. The van der Waals surface area contributed by atoms with Crippen LogP contribution in [-0.2, 0) is 9.53 Å². The van der Waals surface area contributed by atoms with E-state index in [1.807, 2.05) is 19.9 Å². The molecule has 0 aromatic carbocycles. The molecule has 0 radical (unpaired) electrons. The summed E-state index contributed by atoms with van der Waals surface area (Å²) in [6.45, 7) is 4.15. The Hall–Kier alpha value is -0.480. The van der Waals surface area contributed by atoms with Gasteiger partial charge in [-0.05, 0) is 18.1 Å². The number of aliphatic hydroxyl groups excluding tert-OH is 1. The molecule has 0 aromatic rings. The lowest BCUT2D eigenvalue weighted by Gasteiger charge is -2.06. The Morgan fingerprint density at radius 3 is 2.73 bits per heavy atom. The van der Waals surface area contributed by atoms with E-state index in [-0.39, 0.29) is 12.6 Å². The first-order valence-corrected chi connectivity index (χ1v) is 6.27. The number of rotatable bonds is 7. The van der Waals surface area contributed by atoms with Gasteiger partial charge in [-0.2, -0.15) is 11.8 Å². The van der Waals surface area contributed by atoms with Crippen LogP contribution in [-0.4, -0.2) is 36.3 Å². The van der Waals surface area contributed by atoms with Crippen molar-refractivity contribution in [3.63, 3.8) is 0 Å². The summed E-state index contributed by atoms with van der Waals surface area (Å²) in [4.78, 5) is 11.2. The number of esters is 1. The van der Waals surface area contributed by atoms with Gasteiger partial charge < -0.3 is 9.84 Å². The number of hydrogen-bond acceptors (Lipinski definition) is 4. The molecule has 0 saturated carbocycles. The lowest BCUT2D eigenvalue weighted by atomic mass is 10.2. The van der Waals surface area contributed by atoms with E-state index in [2.05, 4.69) is 4.74 Å². The van der Waals surface area contributed by atoms with Gasteiger partial charge in [-0.15, -0.1) is 0 Å². The molecule has 0 bridgehead atoms. The van der Waals surface area contributed by atoms with Crippen LogP contribution in [0.2, 0.25) is 0 Å². The van der Waals surface area contributed by atoms with Gasteiger partial charge in [0.2, 0.25) is 0 Å². The van der Waals surface area contributed by atoms with Crippen LogP contribution in [0.5, 0.6) is 0 Å². The van der Waals surface area contributed by atoms with Crippen molar-refractivity contribution < 1.29 is 14.6 Å². The fraction of sp³-hybridized carbons (Fsp3) is 0.727. The Bertz CT molecular complexity index is 214. The molecule has 1 unspecified atom stereocenters. The van der Waals surface area contributed by atoms with Crippen LogP contribution in [0.3, 0.4) is 0 Å². The Kier molecular flexibility index (Phi) is 8.52. The monoisotopic (exact) mass is 232 g/mol. The molecule has 0 rings (SSSR count). The summed E-state index contributed by atoms with van der Waals surface area (Å²) in [5, 5.41) is 8.81. The highest BCUT2D eigenvalue weighted by molar-refractivity contribution is 7.99. The smallest absolute Gasteiger partial charge is 0.333 e. The maximum atomic E-state index is 11.2. The van der Waals surface area contributed by atoms with Gasteiger partial charge in [0.25, 0.3) is 0 Å². The van der Waals surface area contributed by atoms with E-state index < -0.39 is 0 Å². The molecular weight excluding hydrogens is 212 g/mol. The lowest BCUT2D eigenvalue weighted by molar-refractivity contribution is -0.136. The number of ether oxygens (including phenoxy) is 1. The number of methoxy groups -OCH3 is 1. The largest absolute Gasteiger partial charge is 0.466 e. The molecule has 0 aliphatic carbocycles. The van der Waals surface area contributed by atoms with Crippen LogP contribution in [0.15, 0.2) is 11.6 Å². The number of hydrogen-bond donors (Lipinski definition) is 1. The molecule has 15 heavy (non-hydrogen) atoms. The average Bonchev–Trinajstić information content (AvgIpc) is 2.27. The van der Waals surface area contributed by atoms with Gasteiger partial charge >= 0.3 is 5.97 Å². The topological polar surface area (TPSA) is 46.5 Å². The van der Waals surface area contributed by atoms with Crippen molar-refractivity contribution in [3.05, 3.63) is 11.6 Å². The van der Waals surface area contributed by atoms with Crippen LogP contribution in [0.25, 0.3) is 0 Å². The Labute approximate surface area is 95.9 Å². The van der Waals surface area contributed by atoms with Gasteiger partial charge in [0.1, 0.15) is 0 Å². The van der Waals surface area contributed by atoms with Crippen molar-refractivity contribution in [2.24, 2.45) is 5.92 Å². The van der Waals surface area contributed by atoms with Crippen LogP contribution in [0.1, 0.15) is 20.3 Å². The standard InChI is InChI=1S/C11H20O3S/c1-4-10(11(13)14-3)5-6-15-8-9(2)7-12/h5,9,12H,4,6-8H2,1-3H3. The van der Waals surface area contributed by atoms with E-state index in [0.717, 1.165) is 17.1 Å². The molecule has 4 heteroatoms. The van der Waals surface area contributed by atoms with E-state index in [1.165, 1.54) is 7.11 Å². The van der Waals surface area contributed by atoms with Crippen molar-refractivity contribution >= 4 is 17.7 Å². The molecule has 0 heterocycles. The van der Waals surface area contributed by atoms with Crippen molar-refractivity contribution in [2.75, 3.05) is 25.2 Å². The quantitative estimate of drug-likeness (QED) is 0.413. The highest BCUT2D eigenvalue weighted by Crippen LogP contribution is 2.11. The molecular formula is C11H20O3S. The Morgan fingerprint density at radius 2 is 2.27 bits per heavy atom. The van der Waals surface area contributed by atoms with Gasteiger partial charge in [0.05, 0.1) is 7.11 Å². The fourth-order valence-electron chi connectivity index (χ4n) is 0.985. The SMILES string of the molecule is CCC(=CCSCC(C)CO)C(=O)OC. The zero-order chi connectivity index (χ0) is 11.7. The Balaban J connectivity index is 3.86. The maximum absolute atomic E-state index is 11.2. The molecule has 0 spiro atoms. The molecule has 88 valence electrons. The third kappa shape index (κ3) is 6.57. The van der Waals surface area contributed by atoms with Gasteiger partial charge in [0, 0.05) is 17.9 Å². The summed E-state index contributed by atoms with van der Waals surface area (Å²) in [7, 11) is 1.40. The first-order chi connectivity index (χ1) is 7.15. The van der Waals surface area contributed by atoms with Crippen LogP contribution in [0.4, 0.5) is 0 Å². The molecule has 0 aromatic heterocycles. The maximum Gasteiger partial charge on any atom is 0.333 e. The molecule has 1 N–H and O–H groups in total. The zero-order valence-corrected chi connectivity index (χ0v) is 10.5. The van der Waals surface area contributed by atoms with Crippen molar-refractivity contribution in [2.45, 2.75) is 20.3 Å². The summed E-state index contributed by atoms with van der Waals surface area (Å²) in [6.07, 6.45) is 2.60. The summed E-state index contributed by atoms with van der Waals surface area (Å²) >= 11 is 1.71. The normalized spacial score (nSPS) is 13.7. The van der Waals surface area contributed by atoms with Gasteiger partial charge in [0.15, 0.2) is 0 Å². The minimum absolute atomic E-state index is 0.217. The minimum atomic E-state index is -0.242. The molecule has 3 nitrogen and oxygen atoms in total. The van der Waals surface area contributed by atoms with E-state index in [9.17, 15) is 4.79 Å². The molecule has 0 aliphatic heterocycles. The number of aliphatic hydroxyl groups is 1. The fourth-order valence-corrected chi connectivity index (χ4v) is 1.95. The van der Waals surface area contributed by atoms with Crippen molar-refractivity contribution in [1.82, 2.24) is 0 Å². The highest BCUT2D eigenvalue weighted by Gasteiger charge is 2.06.